The topological polar surface area (TPSA) is 53.2 Å². The van der Waals surface area contributed by atoms with Gasteiger partial charge < -0.3 is 16.0 Å². The largest absolute Gasteiger partial charge is 0.354 e. The minimum atomic E-state index is -0.278. The van der Waals surface area contributed by atoms with E-state index in [1.165, 1.54) is 0 Å². The Morgan fingerprint density at radius 2 is 2.27 bits per heavy atom. The number of rotatable bonds is 6. The molecule has 0 aromatic carbocycles. The summed E-state index contributed by atoms with van der Waals surface area (Å²) in [6.07, 6.45) is 3.95. The number of carbonyl (C=O) groups is 1. The summed E-state index contributed by atoms with van der Waals surface area (Å²) < 4.78 is 0. The summed E-state index contributed by atoms with van der Waals surface area (Å²) in [5.74, 6) is 0.179. The maximum absolute atomic E-state index is 12.0. The third kappa shape index (κ3) is 3.18. The van der Waals surface area contributed by atoms with E-state index in [2.05, 4.69) is 22.9 Å². The van der Waals surface area contributed by atoms with Crippen LogP contribution in [0.3, 0.4) is 0 Å². The molecule has 3 N–H and O–H groups in total. The van der Waals surface area contributed by atoms with Crippen molar-refractivity contribution in [2.24, 2.45) is 0 Å². The maximum atomic E-state index is 12.0. The van der Waals surface area contributed by atoms with Crippen LogP contribution in [-0.2, 0) is 4.79 Å². The predicted molar refractivity (Wildman–Crippen MR) is 61.8 cm³/mol. The average Bonchev–Trinajstić information content (AvgIpc) is 2.74. The van der Waals surface area contributed by atoms with E-state index in [0.717, 1.165) is 45.3 Å². The third-order valence-corrected chi connectivity index (χ3v) is 3.17. The van der Waals surface area contributed by atoms with Crippen LogP contribution in [0, 0.1) is 0 Å². The van der Waals surface area contributed by atoms with E-state index in [4.69, 9.17) is 0 Å². The molecule has 15 heavy (non-hydrogen) atoms. The molecule has 1 atom stereocenters. The highest BCUT2D eigenvalue weighted by Gasteiger charge is 2.38. The van der Waals surface area contributed by atoms with Gasteiger partial charge in [-0.15, -0.1) is 0 Å². The van der Waals surface area contributed by atoms with Crippen LogP contribution in [0.4, 0.5) is 0 Å². The van der Waals surface area contributed by atoms with E-state index in [-0.39, 0.29) is 11.4 Å². The molecule has 88 valence electrons. The van der Waals surface area contributed by atoms with E-state index in [1.54, 1.807) is 0 Å². The Bertz CT molecular complexity index is 200. The summed E-state index contributed by atoms with van der Waals surface area (Å²) in [6.45, 7) is 4.76. The molecule has 0 aromatic heterocycles. The summed E-state index contributed by atoms with van der Waals surface area (Å²) in [6, 6.07) is 0. The van der Waals surface area contributed by atoms with Gasteiger partial charge in [0.1, 0.15) is 0 Å². The fourth-order valence-corrected chi connectivity index (χ4v) is 2.10. The summed E-state index contributed by atoms with van der Waals surface area (Å²) in [5.41, 5.74) is -0.278. The van der Waals surface area contributed by atoms with Gasteiger partial charge in [0.25, 0.3) is 0 Å². The van der Waals surface area contributed by atoms with E-state index in [0.29, 0.717) is 0 Å². The van der Waals surface area contributed by atoms with E-state index in [1.807, 2.05) is 7.05 Å². The first kappa shape index (κ1) is 12.5. The lowest BCUT2D eigenvalue weighted by molar-refractivity contribution is -0.127. The zero-order valence-corrected chi connectivity index (χ0v) is 9.86. The second kappa shape index (κ2) is 6.08. The second-order valence-corrected chi connectivity index (χ2v) is 4.18. The monoisotopic (exact) mass is 213 g/mol. The van der Waals surface area contributed by atoms with E-state index in [9.17, 15) is 4.79 Å². The third-order valence-electron chi connectivity index (χ3n) is 3.17. The molecular formula is C11H23N3O. The Balaban J connectivity index is 2.31. The van der Waals surface area contributed by atoms with Crippen LogP contribution in [0.2, 0.25) is 0 Å². The molecule has 1 aliphatic rings. The smallest absolute Gasteiger partial charge is 0.240 e. The number of nitrogens with one attached hydrogen (secondary N) is 3. The van der Waals surface area contributed by atoms with Crippen LogP contribution in [0.25, 0.3) is 0 Å². The first-order chi connectivity index (χ1) is 7.25. The highest BCUT2D eigenvalue weighted by Crippen LogP contribution is 2.22. The molecule has 1 heterocycles. The van der Waals surface area contributed by atoms with Gasteiger partial charge in [0.2, 0.25) is 5.91 Å². The van der Waals surface area contributed by atoms with Crippen molar-refractivity contribution in [2.75, 3.05) is 26.7 Å². The highest BCUT2D eigenvalue weighted by molar-refractivity contribution is 5.86. The van der Waals surface area contributed by atoms with Crippen molar-refractivity contribution in [1.29, 1.82) is 0 Å². The Kier molecular flexibility index (Phi) is 5.05. The van der Waals surface area contributed by atoms with Crippen molar-refractivity contribution in [2.45, 2.75) is 38.1 Å². The maximum Gasteiger partial charge on any atom is 0.240 e. The molecule has 4 nitrogen and oxygen atoms in total. The van der Waals surface area contributed by atoms with Gasteiger partial charge in [-0.25, -0.2) is 0 Å². The number of amides is 1. The van der Waals surface area contributed by atoms with Crippen molar-refractivity contribution < 1.29 is 4.79 Å². The van der Waals surface area contributed by atoms with Crippen LogP contribution in [0.1, 0.15) is 32.6 Å². The quantitative estimate of drug-likeness (QED) is 0.554. The number of hydrogen-bond donors (Lipinski definition) is 3. The predicted octanol–water partition coefficient (Wildman–Crippen LogP) is 0.244. The van der Waals surface area contributed by atoms with Crippen LogP contribution in [0.5, 0.6) is 0 Å². The first-order valence-electron chi connectivity index (χ1n) is 5.93. The molecule has 4 heteroatoms. The second-order valence-electron chi connectivity index (χ2n) is 4.18. The highest BCUT2D eigenvalue weighted by atomic mass is 16.2. The Labute approximate surface area is 92.2 Å². The zero-order valence-electron chi connectivity index (χ0n) is 9.86. The van der Waals surface area contributed by atoms with Crippen LogP contribution in [0.15, 0.2) is 0 Å². The van der Waals surface area contributed by atoms with Gasteiger partial charge in [0.15, 0.2) is 0 Å². The van der Waals surface area contributed by atoms with Crippen molar-refractivity contribution in [3.63, 3.8) is 0 Å². The molecule has 0 spiro atoms. The lowest BCUT2D eigenvalue weighted by Gasteiger charge is -2.26. The standard InChI is InChI=1S/C11H23N3O/c1-3-11(6-4-9-14-11)10(15)13-8-5-7-12-2/h12,14H,3-9H2,1-2H3,(H,13,15). The van der Waals surface area contributed by atoms with E-state index < -0.39 is 0 Å². The van der Waals surface area contributed by atoms with Crippen LogP contribution >= 0.6 is 0 Å². The van der Waals surface area contributed by atoms with Crippen LogP contribution in [-0.4, -0.2) is 38.1 Å². The van der Waals surface area contributed by atoms with Crippen LogP contribution < -0.4 is 16.0 Å². The fraction of sp³-hybridized carbons (Fsp3) is 0.909. The summed E-state index contributed by atoms with van der Waals surface area (Å²) >= 11 is 0. The molecule has 0 saturated carbocycles. The molecule has 0 radical (unpaired) electrons. The van der Waals surface area contributed by atoms with Gasteiger partial charge in [-0.2, -0.15) is 0 Å². The van der Waals surface area contributed by atoms with Gasteiger partial charge in [-0.05, 0) is 45.8 Å². The van der Waals surface area contributed by atoms with Crippen molar-refractivity contribution in [3.05, 3.63) is 0 Å². The van der Waals surface area contributed by atoms with E-state index >= 15 is 0 Å². The van der Waals surface area contributed by atoms with Gasteiger partial charge in [-0.3, -0.25) is 4.79 Å². The average molecular weight is 213 g/mol. The molecule has 1 amide bonds. The van der Waals surface area contributed by atoms with Gasteiger partial charge >= 0.3 is 0 Å². The minimum Gasteiger partial charge on any atom is -0.354 e. The number of hydrogen-bond acceptors (Lipinski definition) is 3. The Morgan fingerprint density at radius 1 is 1.47 bits per heavy atom. The van der Waals surface area contributed by atoms with Crippen molar-refractivity contribution in [1.82, 2.24) is 16.0 Å². The van der Waals surface area contributed by atoms with Gasteiger partial charge in [0.05, 0.1) is 5.54 Å². The summed E-state index contributed by atoms with van der Waals surface area (Å²) in [4.78, 5) is 12.0. The number of carbonyl (C=O) groups excluding carboxylic acids is 1. The fourth-order valence-electron chi connectivity index (χ4n) is 2.10. The normalized spacial score (nSPS) is 25.5. The SMILES string of the molecule is CCC1(C(=O)NCCCNC)CCCN1. The minimum absolute atomic E-state index is 0.179. The first-order valence-corrected chi connectivity index (χ1v) is 5.93. The Hall–Kier alpha value is -0.610. The molecule has 1 fully saturated rings. The van der Waals surface area contributed by atoms with Gasteiger partial charge in [0, 0.05) is 6.54 Å². The van der Waals surface area contributed by atoms with Crippen molar-refractivity contribution >= 4 is 5.91 Å². The summed E-state index contributed by atoms with van der Waals surface area (Å²) in [5, 5.41) is 9.41. The lowest BCUT2D eigenvalue weighted by Crippen LogP contribution is -2.53. The summed E-state index contributed by atoms with van der Waals surface area (Å²) in [7, 11) is 1.92. The van der Waals surface area contributed by atoms with Gasteiger partial charge in [-0.1, -0.05) is 6.92 Å². The molecule has 1 aliphatic heterocycles. The molecular weight excluding hydrogens is 190 g/mol. The molecule has 1 unspecified atom stereocenters. The van der Waals surface area contributed by atoms with Crippen molar-refractivity contribution in [3.8, 4) is 0 Å². The molecule has 0 aliphatic carbocycles. The molecule has 0 aromatic rings. The zero-order chi connectivity index (χ0) is 11.1. The lowest BCUT2D eigenvalue weighted by atomic mass is 9.93. The molecule has 1 rings (SSSR count). The Morgan fingerprint density at radius 3 is 2.80 bits per heavy atom. The molecule has 1 saturated heterocycles. The molecule has 0 bridgehead atoms.